The van der Waals surface area contributed by atoms with E-state index >= 15 is 0 Å². The predicted molar refractivity (Wildman–Crippen MR) is 121 cm³/mol. The Morgan fingerprint density at radius 1 is 1.03 bits per heavy atom. The van der Waals surface area contributed by atoms with Crippen molar-refractivity contribution in [1.82, 2.24) is 20.1 Å². The molecule has 7 nitrogen and oxygen atoms in total. The fraction of sp³-hybridized carbons (Fsp3) is 0.136. The molecule has 0 saturated heterocycles. The molecule has 32 heavy (non-hydrogen) atoms. The van der Waals surface area contributed by atoms with E-state index in [0.29, 0.717) is 16.6 Å². The summed E-state index contributed by atoms with van der Waals surface area (Å²) in [6, 6.07) is 14.5. The lowest BCUT2D eigenvalue weighted by molar-refractivity contribution is 0.0917. The molecule has 2 atom stereocenters. The number of anilines is 1. The Kier molecular flexibility index (Phi) is 5.55. The normalized spacial score (nSPS) is 17.4. The number of hydrogen-bond donors (Lipinski definition) is 0. The highest BCUT2D eigenvalue weighted by Gasteiger charge is 2.43. The standard InChI is InChI=1S/C22H14Cl3N5O2/c23-13-7-6-12(15(24)10-13)11-30-16-5-2-1-4-14(16)17(19(30)25)18(31)22-28-21(29-32-22)20-26-8-3-9-27-20/h1-10,17,19H,11H2. The summed E-state index contributed by atoms with van der Waals surface area (Å²) in [7, 11) is 0. The van der Waals surface area contributed by atoms with Crippen molar-refractivity contribution in [2.75, 3.05) is 4.90 Å². The van der Waals surface area contributed by atoms with E-state index in [9.17, 15) is 4.79 Å². The number of benzene rings is 2. The highest BCUT2D eigenvalue weighted by atomic mass is 35.5. The number of para-hydroxylation sites is 1. The number of hydrogen-bond acceptors (Lipinski definition) is 7. The molecule has 0 N–H and O–H groups in total. The molecular weight excluding hydrogens is 473 g/mol. The van der Waals surface area contributed by atoms with Crippen molar-refractivity contribution in [2.45, 2.75) is 18.0 Å². The monoisotopic (exact) mass is 485 g/mol. The lowest BCUT2D eigenvalue weighted by atomic mass is 9.96. The smallest absolute Gasteiger partial charge is 0.295 e. The van der Waals surface area contributed by atoms with Gasteiger partial charge < -0.3 is 9.42 Å². The van der Waals surface area contributed by atoms with Crippen LogP contribution in [0, 0.1) is 0 Å². The summed E-state index contributed by atoms with van der Waals surface area (Å²) in [5, 5.41) is 4.92. The van der Waals surface area contributed by atoms with E-state index in [0.717, 1.165) is 16.8 Å². The van der Waals surface area contributed by atoms with Gasteiger partial charge in [0, 0.05) is 34.7 Å². The van der Waals surface area contributed by atoms with Crippen molar-refractivity contribution in [3.05, 3.63) is 88.0 Å². The minimum Gasteiger partial charge on any atom is -0.349 e. The van der Waals surface area contributed by atoms with Crippen LogP contribution in [0.2, 0.25) is 10.0 Å². The van der Waals surface area contributed by atoms with E-state index in [1.807, 2.05) is 35.2 Å². The number of nitrogens with zero attached hydrogens (tertiary/aromatic N) is 5. The zero-order valence-corrected chi connectivity index (χ0v) is 18.6. The minimum absolute atomic E-state index is 0.135. The number of alkyl halides is 1. The molecule has 0 amide bonds. The van der Waals surface area contributed by atoms with Gasteiger partial charge in [0.15, 0.2) is 0 Å². The second kappa shape index (κ2) is 8.50. The fourth-order valence-electron chi connectivity index (χ4n) is 3.71. The lowest BCUT2D eigenvalue weighted by Gasteiger charge is -2.25. The third-order valence-corrected chi connectivity index (χ3v) is 6.27. The molecule has 4 aromatic rings. The van der Waals surface area contributed by atoms with E-state index in [2.05, 4.69) is 20.1 Å². The van der Waals surface area contributed by atoms with Crippen molar-refractivity contribution < 1.29 is 9.32 Å². The first kappa shape index (κ1) is 20.9. The van der Waals surface area contributed by atoms with Crippen molar-refractivity contribution in [3.8, 4) is 11.6 Å². The summed E-state index contributed by atoms with van der Waals surface area (Å²) < 4.78 is 5.24. The summed E-state index contributed by atoms with van der Waals surface area (Å²) in [5.41, 5.74) is 1.77. The van der Waals surface area contributed by atoms with E-state index < -0.39 is 11.4 Å². The highest BCUT2D eigenvalue weighted by molar-refractivity contribution is 6.35. The van der Waals surface area contributed by atoms with Crippen LogP contribution in [0.1, 0.15) is 27.7 Å². The van der Waals surface area contributed by atoms with Crippen molar-refractivity contribution in [2.24, 2.45) is 0 Å². The van der Waals surface area contributed by atoms with Crippen molar-refractivity contribution in [3.63, 3.8) is 0 Å². The van der Waals surface area contributed by atoms with Gasteiger partial charge in [0.1, 0.15) is 5.50 Å². The van der Waals surface area contributed by atoms with E-state index in [-0.39, 0.29) is 23.3 Å². The van der Waals surface area contributed by atoms with Crippen LogP contribution in [-0.2, 0) is 6.54 Å². The molecule has 0 spiro atoms. The Hall–Kier alpha value is -3.00. The second-order valence-corrected chi connectivity index (χ2v) is 8.42. The summed E-state index contributed by atoms with van der Waals surface area (Å²) in [6.07, 6.45) is 3.12. The molecule has 2 unspecified atom stereocenters. The molecule has 0 aliphatic carbocycles. The van der Waals surface area contributed by atoms with Crippen molar-refractivity contribution >= 4 is 46.3 Å². The van der Waals surface area contributed by atoms with Gasteiger partial charge >= 0.3 is 0 Å². The SMILES string of the molecule is O=C(c1nc(-c2ncccn2)no1)C1c2ccccc2N(Cc2ccc(Cl)cc2Cl)C1Cl. The molecular formula is C22H14Cl3N5O2. The molecule has 0 saturated carbocycles. The first-order valence-corrected chi connectivity index (χ1v) is 10.8. The van der Waals surface area contributed by atoms with Crippen LogP contribution in [0.4, 0.5) is 5.69 Å². The summed E-state index contributed by atoms with van der Waals surface area (Å²) in [5.74, 6) is -0.829. The summed E-state index contributed by atoms with van der Waals surface area (Å²) in [4.78, 5) is 27.7. The van der Waals surface area contributed by atoms with Crippen molar-refractivity contribution in [1.29, 1.82) is 0 Å². The maximum atomic E-state index is 13.4. The van der Waals surface area contributed by atoms with Gasteiger partial charge in [-0.05, 0) is 35.4 Å². The van der Waals surface area contributed by atoms with E-state index in [1.165, 1.54) is 0 Å². The van der Waals surface area contributed by atoms with Gasteiger partial charge in [0.2, 0.25) is 17.4 Å². The number of halogens is 3. The van der Waals surface area contributed by atoms with Gasteiger partial charge in [-0.15, -0.1) is 0 Å². The van der Waals surface area contributed by atoms with Gasteiger partial charge in [0.25, 0.3) is 5.89 Å². The maximum Gasteiger partial charge on any atom is 0.295 e. The Morgan fingerprint density at radius 2 is 1.81 bits per heavy atom. The quantitative estimate of drug-likeness (QED) is 0.212. The molecule has 2 aromatic carbocycles. The number of aromatic nitrogens is 4. The summed E-state index contributed by atoms with van der Waals surface area (Å²) >= 11 is 19.2. The molecule has 10 heteroatoms. The number of Topliss-reactive ketones (excluding diaryl/α,β-unsaturated/α-hetero) is 1. The Bertz CT molecular complexity index is 1300. The predicted octanol–water partition coefficient (Wildman–Crippen LogP) is 5.39. The van der Waals surface area contributed by atoms with E-state index in [1.54, 1.807) is 30.6 Å². The van der Waals surface area contributed by atoms with Gasteiger partial charge in [-0.1, -0.05) is 64.2 Å². The topological polar surface area (TPSA) is 85.0 Å². The second-order valence-electron chi connectivity index (χ2n) is 7.13. The maximum absolute atomic E-state index is 13.4. The molecule has 5 rings (SSSR count). The Labute approximate surface area is 198 Å². The highest BCUT2D eigenvalue weighted by Crippen LogP contribution is 2.45. The van der Waals surface area contributed by atoms with Crippen LogP contribution >= 0.6 is 34.8 Å². The molecule has 2 aromatic heterocycles. The molecule has 1 aliphatic heterocycles. The van der Waals surface area contributed by atoms with Gasteiger partial charge in [-0.2, -0.15) is 4.98 Å². The van der Waals surface area contributed by atoms with E-state index in [4.69, 9.17) is 39.3 Å². The number of carbonyl (C=O) groups excluding carboxylic acids is 1. The van der Waals surface area contributed by atoms with Gasteiger partial charge in [-0.25, -0.2) is 9.97 Å². The molecule has 0 fully saturated rings. The summed E-state index contributed by atoms with van der Waals surface area (Å²) in [6.45, 7) is 0.401. The zero-order chi connectivity index (χ0) is 22.2. The molecule has 0 radical (unpaired) electrons. The largest absolute Gasteiger partial charge is 0.349 e. The number of carbonyl (C=O) groups is 1. The average molecular weight is 487 g/mol. The van der Waals surface area contributed by atoms with Gasteiger partial charge in [0.05, 0.1) is 5.92 Å². The number of fused-ring (bicyclic) bond motifs is 1. The van der Waals surface area contributed by atoms with Crippen LogP contribution in [0.25, 0.3) is 11.6 Å². The van der Waals surface area contributed by atoms with Gasteiger partial charge in [-0.3, -0.25) is 4.79 Å². The zero-order valence-electron chi connectivity index (χ0n) is 16.3. The van der Waals surface area contributed by atoms with Crippen LogP contribution < -0.4 is 4.90 Å². The third kappa shape index (κ3) is 3.72. The Morgan fingerprint density at radius 3 is 2.59 bits per heavy atom. The van der Waals surface area contributed by atoms with Crippen LogP contribution in [0.5, 0.6) is 0 Å². The first-order chi connectivity index (χ1) is 15.5. The molecule has 1 aliphatic rings. The van der Waals surface area contributed by atoms with Crippen LogP contribution in [-0.4, -0.2) is 31.4 Å². The Balaban J connectivity index is 1.47. The van der Waals surface area contributed by atoms with Crippen LogP contribution in [0.15, 0.2) is 65.4 Å². The fourth-order valence-corrected chi connectivity index (χ4v) is 4.60. The molecule has 3 heterocycles. The lowest BCUT2D eigenvalue weighted by Crippen LogP contribution is -2.32. The average Bonchev–Trinajstić information content (AvgIpc) is 3.40. The third-order valence-electron chi connectivity index (χ3n) is 5.19. The first-order valence-electron chi connectivity index (χ1n) is 9.62. The molecule has 0 bridgehead atoms. The van der Waals surface area contributed by atoms with Crippen LogP contribution in [0.3, 0.4) is 0 Å². The minimum atomic E-state index is -0.705. The number of rotatable bonds is 5. The number of ketones is 1. The molecule has 160 valence electrons.